The van der Waals surface area contributed by atoms with Gasteiger partial charge in [-0.15, -0.1) is 0 Å². The Morgan fingerprint density at radius 2 is 1.96 bits per heavy atom. The van der Waals surface area contributed by atoms with Crippen LogP contribution in [0.4, 0.5) is 0 Å². The molecule has 0 atom stereocenters. The molecule has 1 aromatic carbocycles. The van der Waals surface area contributed by atoms with E-state index in [1.165, 1.54) is 11.8 Å². The molecule has 2 aliphatic rings. The Bertz CT molecular complexity index is 652. The first-order chi connectivity index (χ1) is 11.5. The van der Waals surface area contributed by atoms with Crippen LogP contribution in [0, 0.1) is 0 Å². The number of rotatable bonds is 6. The predicted molar refractivity (Wildman–Crippen MR) is 92.6 cm³/mol. The zero-order valence-electron chi connectivity index (χ0n) is 14.3. The summed E-state index contributed by atoms with van der Waals surface area (Å²) in [7, 11) is -1.54. The molecule has 6 nitrogen and oxygen atoms in total. The average molecular weight is 354 g/mol. The van der Waals surface area contributed by atoms with Crippen LogP contribution in [0.3, 0.4) is 0 Å². The quantitative estimate of drug-likeness (QED) is 0.771. The van der Waals surface area contributed by atoms with Gasteiger partial charge in [-0.05, 0) is 30.5 Å². The van der Waals surface area contributed by atoms with E-state index in [-0.39, 0.29) is 12.1 Å². The lowest BCUT2D eigenvalue weighted by Gasteiger charge is -2.47. The van der Waals surface area contributed by atoms with Crippen molar-refractivity contribution >= 4 is 10.0 Å². The maximum Gasteiger partial charge on any atom is 0.211 e. The van der Waals surface area contributed by atoms with Crippen molar-refractivity contribution in [2.24, 2.45) is 0 Å². The molecular weight excluding hydrogens is 328 g/mol. The van der Waals surface area contributed by atoms with Gasteiger partial charge in [-0.1, -0.05) is 12.1 Å². The zero-order chi connectivity index (χ0) is 17.2. The normalized spacial score (nSPS) is 21.0. The van der Waals surface area contributed by atoms with E-state index in [1.54, 1.807) is 11.4 Å². The summed E-state index contributed by atoms with van der Waals surface area (Å²) in [5, 5.41) is 0. The molecule has 7 heteroatoms. The number of hydrogen-bond donors (Lipinski definition) is 0. The monoisotopic (exact) mass is 354 g/mol. The van der Waals surface area contributed by atoms with Crippen LogP contribution in [0.1, 0.15) is 18.4 Å². The van der Waals surface area contributed by atoms with E-state index in [0.717, 1.165) is 38.2 Å². The number of benzene rings is 1. The number of ether oxygens (including phenoxy) is 2. The van der Waals surface area contributed by atoms with Gasteiger partial charge in [0.2, 0.25) is 10.0 Å². The second kappa shape index (κ2) is 7.39. The third kappa shape index (κ3) is 4.08. The minimum absolute atomic E-state index is 0.0775. The fraction of sp³-hybridized carbons (Fsp3) is 0.647. The van der Waals surface area contributed by atoms with Gasteiger partial charge in [-0.3, -0.25) is 4.90 Å². The van der Waals surface area contributed by atoms with Crippen LogP contribution in [0.2, 0.25) is 0 Å². The van der Waals surface area contributed by atoms with Crippen LogP contribution in [0.15, 0.2) is 24.3 Å². The average Bonchev–Trinajstić information content (AvgIpc) is 2.53. The highest BCUT2D eigenvalue weighted by atomic mass is 32.2. The Hall–Kier alpha value is -1.15. The van der Waals surface area contributed by atoms with Crippen molar-refractivity contribution in [1.82, 2.24) is 9.21 Å². The highest BCUT2D eigenvalue weighted by Crippen LogP contribution is 2.27. The third-order valence-electron chi connectivity index (χ3n) is 4.77. The van der Waals surface area contributed by atoms with Crippen LogP contribution < -0.4 is 4.74 Å². The SMILES string of the molecule is COc1cccc(CN2CC(N(C3CCOCC3)S(C)(=O)=O)C2)c1. The summed E-state index contributed by atoms with van der Waals surface area (Å²) >= 11 is 0. The molecule has 0 N–H and O–H groups in total. The van der Waals surface area contributed by atoms with Gasteiger partial charge in [-0.25, -0.2) is 8.42 Å². The maximum absolute atomic E-state index is 12.3. The van der Waals surface area contributed by atoms with Crippen LogP contribution in [0.5, 0.6) is 5.75 Å². The molecule has 0 aromatic heterocycles. The molecule has 2 heterocycles. The number of hydrogen-bond acceptors (Lipinski definition) is 5. The van der Waals surface area contributed by atoms with Gasteiger partial charge in [0.25, 0.3) is 0 Å². The first-order valence-electron chi connectivity index (χ1n) is 8.39. The summed E-state index contributed by atoms with van der Waals surface area (Å²) in [4.78, 5) is 2.27. The van der Waals surface area contributed by atoms with E-state index in [2.05, 4.69) is 11.0 Å². The van der Waals surface area contributed by atoms with Crippen molar-refractivity contribution in [2.75, 3.05) is 39.7 Å². The lowest BCUT2D eigenvalue weighted by molar-refractivity contribution is 0.00977. The molecule has 0 saturated carbocycles. The number of sulfonamides is 1. The van der Waals surface area contributed by atoms with Crippen LogP contribution >= 0.6 is 0 Å². The van der Waals surface area contributed by atoms with Gasteiger partial charge in [0, 0.05) is 38.9 Å². The van der Waals surface area contributed by atoms with Gasteiger partial charge >= 0.3 is 0 Å². The molecule has 2 fully saturated rings. The summed E-state index contributed by atoms with van der Waals surface area (Å²) in [6.07, 6.45) is 2.91. The molecule has 134 valence electrons. The summed E-state index contributed by atoms with van der Waals surface area (Å²) in [6, 6.07) is 8.17. The molecule has 2 aliphatic heterocycles. The van der Waals surface area contributed by atoms with Gasteiger partial charge in [-0.2, -0.15) is 4.31 Å². The fourth-order valence-electron chi connectivity index (χ4n) is 3.64. The molecule has 3 rings (SSSR count). The maximum atomic E-state index is 12.3. The zero-order valence-corrected chi connectivity index (χ0v) is 15.2. The second-order valence-corrected chi connectivity index (χ2v) is 8.52. The Morgan fingerprint density at radius 3 is 2.58 bits per heavy atom. The first-order valence-corrected chi connectivity index (χ1v) is 10.2. The Balaban J connectivity index is 1.60. The second-order valence-electron chi connectivity index (χ2n) is 6.64. The van der Waals surface area contributed by atoms with Crippen molar-refractivity contribution in [1.29, 1.82) is 0 Å². The first kappa shape index (κ1) is 17.7. The lowest BCUT2D eigenvalue weighted by Crippen LogP contribution is -2.63. The standard InChI is InChI=1S/C17H26N2O4S/c1-22-17-5-3-4-14(10-17)11-18-12-16(13-18)19(24(2,20)21)15-6-8-23-9-7-15/h3-5,10,15-16H,6-9,11-13H2,1-2H3. The topological polar surface area (TPSA) is 59.1 Å². The van der Waals surface area contributed by atoms with Crippen molar-refractivity contribution in [2.45, 2.75) is 31.5 Å². The molecule has 2 saturated heterocycles. The Labute approximate surface area is 144 Å². The Kier molecular flexibility index (Phi) is 5.44. The number of methoxy groups -OCH3 is 1. The van der Waals surface area contributed by atoms with E-state index in [1.807, 2.05) is 18.2 Å². The molecule has 1 aromatic rings. The predicted octanol–water partition coefficient (Wildman–Crippen LogP) is 1.32. The van der Waals surface area contributed by atoms with Gasteiger partial charge in [0.15, 0.2) is 0 Å². The van der Waals surface area contributed by atoms with Gasteiger partial charge in [0.05, 0.1) is 19.4 Å². The molecule has 0 bridgehead atoms. The van der Waals surface area contributed by atoms with Crippen LogP contribution in [-0.2, 0) is 21.3 Å². The van der Waals surface area contributed by atoms with E-state index >= 15 is 0 Å². The number of nitrogens with zero attached hydrogens (tertiary/aromatic N) is 2. The van der Waals surface area contributed by atoms with Gasteiger partial charge in [0.1, 0.15) is 5.75 Å². The molecular formula is C17H26N2O4S. The largest absolute Gasteiger partial charge is 0.497 e. The summed E-state index contributed by atoms with van der Waals surface area (Å²) in [5.41, 5.74) is 1.18. The third-order valence-corrected chi connectivity index (χ3v) is 6.13. The number of likely N-dealkylation sites (tertiary alicyclic amines) is 1. The molecule has 0 radical (unpaired) electrons. The smallest absolute Gasteiger partial charge is 0.211 e. The van der Waals surface area contributed by atoms with E-state index in [4.69, 9.17) is 9.47 Å². The van der Waals surface area contributed by atoms with Crippen molar-refractivity contribution < 1.29 is 17.9 Å². The van der Waals surface area contributed by atoms with Crippen molar-refractivity contribution in [3.8, 4) is 5.75 Å². The summed E-state index contributed by atoms with van der Waals surface area (Å²) in [5.74, 6) is 0.851. The summed E-state index contributed by atoms with van der Waals surface area (Å²) < 4.78 is 36.9. The van der Waals surface area contributed by atoms with Crippen molar-refractivity contribution in [3.63, 3.8) is 0 Å². The highest BCUT2D eigenvalue weighted by molar-refractivity contribution is 7.88. The minimum Gasteiger partial charge on any atom is -0.497 e. The van der Waals surface area contributed by atoms with Gasteiger partial charge < -0.3 is 9.47 Å². The lowest BCUT2D eigenvalue weighted by atomic mass is 10.0. The molecule has 0 amide bonds. The van der Waals surface area contributed by atoms with E-state index in [0.29, 0.717) is 13.2 Å². The fourth-order valence-corrected chi connectivity index (χ4v) is 5.07. The molecule has 0 aliphatic carbocycles. The minimum atomic E-state index is -3.20. The van der Waals surface area contributed by atoms with Crippen LogP contribution in [-0.4, -0.2) is 69.4 Å². The Morgan fingerprint density at radius 1 is 1.25 bits per heavy atom. The molecule has 0 unspecified atom stereocenters. The van der Waals surface area contributed by atoms with E-state index in [9.17, 15) is 8.42 Å². The summed E-state index contributed by atoms with van der Waals surface area (Å²) in [6.45, 7) is 3.68. The van der Waals surface area contributed by atoms with E-state index < -0.39 is 10.0 Å². The molecule has 0 spiro atoms. The van der Waals surface area contributed by atoms with Crippen LogP contribution in [0.25, 0.3) is 0 Å². The highest BCUT2D eigenvalue weighted by Gasteiger charge is 2.40. The van der Waals surface area contributed by atoms with Crippen molar-refractivity contribution in [3.05, 3.63) is 29.8 Å². The molecule has 24 heavy (non-hydrogen) atoms.